The van der Waals surface area contributed by atoms with E-state index < -0.39 is 6.10 Å². The quantitative estimate of drug-likeness (QED) is 0.784. The molecule has 0 spiro atoms. The molecule has 1 aliphatic carbocycles. The summed E-state index contributed by atoms with van der Waals surface area (Å²) in [5, 5.41) is 9.81. The van der Waals surface area contributed by atoms with Gasteiger partial charge in [-0.3, -0.25) is 0 Å². The van der Waals surface area contributed by atoms with Gasteiger partial charge in [0.2, 0.25) is 0 Å². The standard InChI is InChI=1S/C12H15FO/c1-8-4-10(7-11(13)5-8)12(14)6-9-2-3-9/h4-5,7,9,12,14H,2-3,6H2,1H3. The van der Waals surface area contributed by atoms with Crippen LogP contribution < -0.4 is 0 Å². The molecule has 0 radical (unpaired) electrons. The molecule has 76 valence electrons. The van der Waals surface area contributed by atoms with Crippen molar-refractivity contribution in [3.05, 3.63) is 35.1 Å². The van der Waals surface area contributed by atoms with E-state index in [1.165, 1.54) is 25.0 Å². The van der Waals surface area contributed by atoms with Crippen molar-refractivity contribution in [2.45, 2.75) is 32.3 Å². The Bertz CT molecular complexity index is 311. The second kappa shape index (κ2) is 3.70. The fraction of sp³-hybridized carbons (Fsp3) is 0.500. The van der Waals surface area contributed by atoms with Gasteiger partial charge in [0, 0.05) is 0 Å². The van der Waals surface area contributed by atoms with Crippen LogP contribution in [0.2, 0.25) is 0 Å². The molecule has 1 fully saturated rings. The molecule has 1 aliphatic rings. The van der Waals surface area contributed by atoms with Gasteiger partial charge in [0.05, 0.1) is 6.10 Å². The van der Waals surface area contributed by atoms with Crippen molar-refractivity contribution in [1.82, 2.24) is 0 Å². The Morgan fingerprint density at radius 2 is 2.14 bits per heavy atom. The van der Waals surface area contributed by atoms with Crippen LogP contribution in [0.5, 0.6) is 0 Å². The molecule has 1 unspecified atom stereocenters. The molecule has 1 saturated carbocycles. The van der Waals surface area contributed by atoms with Crippen molar-refractivity contribution in [3.8, 4) is 0 Å². The van der Waals surface area contributed by atoms with Crippen LogP contribution in [0.25, 0.3) is 0 Å². The molecule has 14 heavy (non-hydrogen) atoms. The molecule has 2 heteroatoms. The minimum atomic E-state index is -0.489. The van der Waals surface area contributed by atoms with E-state index in [9.17, 15) is 9.50 Å². The summed E-state index contributed by atoms with van der Waals surface area (Å²) < 4.78 is 13.0. The summed E-state index contributed by atoms with van der Waals surface area (Å²) in [6.45, 7) is 1.84. The second-order valence-corrected chi connectivity index (χ2v) is 4.26. The van der Waals surface area contributed by atoms with Gasteiger partial charge in [-0.15, -0.1) is 0 Å². The van der Waals surface area contributed by atoms with Crippen LogP contribution in [-0.4, -0.2) is 5.11 Å². The lowest BCUT2D eigenvalue weighted by Gasteiger charge is -2.11. The predicted molar refractivity (Wildman–Crippen MR) is 53.4 cm³/mol. The van der Waals surface area contributed by atoms with Crippen LogP contribution >= 0.6 is 0 Å². The lowest BCUT2D eigenvalue weighted by molar-refractivity contribution is 0.160. The third-order valence-electron chi connectivity index (χ3n) is 2.70. The predicted octanol–water partition coefficient (Wildman–Crippen LogP) is 2.97. The Kier molecular flexibility index (Phi) is 2.55. The Balaban J connectivity index is 2.12. The normalized spacial score (nSPS) is 18.2. The molecule has 0 saturated heterocycles. The highest BCUT2D eigenvalue weighted by Gasteiger charge is 2.25. The minimum absolute atomic E-state index is 0.255. The van der Waals surface area contributed by atoms with Crippen LogP contribution in [0.1, 0.15) is 36.5 Å². The van der Waals surface area contributed by atoms with Gasteiger partial charge in [-0.25, -0.2) is 4.39 Å². The van der Waals surface area contributed by atoms with Crippen molar-refractivity contribution in [2.75, 3.05) is 0 Å². The second-order valence-electron chi connectivity index (χ2n) is 4.26. The lowest BCUT2D eigenvalue weighted by Crippen LogP contribution is -1.99. The lowest BCUT2D eigenvalue weighted by atomic mass is 10.0. The van der Waals surface area contributed by atoms with Crippen LogP contribution in [0.4, 0.5) is 4.39 Å². The third kappa shape index (κ3) is 2.32. The molecule has 1 nitrogen and oxygen atoms in total. The minimum Gasteiger partial charge on any atom is -0.388 e. The van der Waals surface area contributed by atoms with Crippen molar-refractivity contribution in [1.29, 1.82) is 0 Å². The van der Waals surface area contributed by atoms with Crippen LogP contribution in [-0.2, 0) is 0 Å². The number of rotatable bonds is 3. The third-order valence-corrected chi connectivity index (χ3v) is 2.70. The first-order chi connectivity index (χ1) is 6.65. The SMILES string of the molecule is Cc1cc(F)cc(C(O)CC2CC2)c1. The highest BCUT2D eigenvalue weighted by molar-refractivity contribution is 5.25. The highest BCUT2D eigenvalue weighted by Crippen LogP contribution is 2.37. The van der Waals surface area contributed by atoms with E-state index in [1.54, 1.807) is 0 Å². The van der Waals surface area contributed by atoms with Crippen molar-refractivity contribution in [2.24, 2.45) is 5.92 Å². The fourth-order valence-corrected chi connectivity index (χ4v) is 1.76. The average molecular weight is 194 g/mol. The fourth-order valence-electron chi connectivity index (χ4n) is 1.76. The maximum Gasteiger partial charge on any atom is 0.123 e. The van der Waals surface area contributed by atoms with E-state index in [2.05, 4.69) is 0 Å². The molecule has 0 aliphatic heterocycles. The molecular formula is C12H15FO. The van der Waals surface area contributed by atoms with E-state index in [4.69, 9.17) is 0 Å². The van der Waals surface area contributed by atoms with E-state index in [-0.39, 0.29) is 5.82 Å². The van der Waals surface area contributed by atoms with E-state index in [0.717, 1.165) is 17.5 Å². The summed E-state index contributed by atoms with van der Waals surface area (Å²) in [6, 6.07) is 4.77. The number of aliphatic hydroxyl groups excluding tert-OH is 1. The number of benzene rings is 1. The zero-order valence-corrected chi connectivity index (χ0v) is 8.33. The zero-order valence-electron chi connectivity index (χ0n) is 8.33. The first kappa shape index (κ1) is 9.66. The van der Waals surface area contributed by atoms with Gasteiger partial charge in [-0.2, -0.15) is 0 Å². The van der Waals surface area contributed by atoms with Gasteiger partial charge < -0.3 is 5.11 Å². The van der Waals surface area contributed by atoms with Crippen LogP contribution in [0, 0.1) is 18.7 Å². The zero-order chi connectivity index (χ0) is 10.1. The van der Waals surface area contributed by atoms with Crippen molar-refractivity contribution in [3.63, 3.8) is 0 Å². The van der Waals surface area contributed by atoms with Crippen molar-refractivity contribution >= 4 is 0 Å². The largest absolute Gasteiger partial charge is 0.388 e. The molecule has 1 aromatic carbocycles. The molecular weight excluding hydrogens is 179 g/mol. The number of hydrogen-bond acceptors (Lipinski definition) is 1. The first-order valence-corrected chi connectivity index (χ1v) is 5.10. The molecule has 0 heterocycles. The molecule has 1 aromatic rings. The summed E-state index contributed by atoms with van der Waals surface area (Å²) in [5.41, 5.74) is 1.59. The smallest absolute Gasteiger partial charge is 0.123 e. The van der Waals surface area contributed by atoms with Crippen molar-refractivity contribution < 1.29 is 9.50 Å². The summed E-state index contributed by atoms with van der Waals surface area (Å²) in [6.07, 6.45) is 2.72. The van der Waals surface area contributed by atoms with Gasteiger partial charge in [-0.05, 0) is 42.5 Å². The summed E-state index contributed by atoms with van der Waals surface area (Å²) in [4.78, 5) is 0. The maximum atomic E-state index is 13.0. The molecule has 1 atom stereocenters. The Hall–Kier alpha value is -0.890. The number of hydrogen-bond donors (Lipinski definition) is 1. The van der Waals surface area contributed by atoms with Gasteiger partial charge in [0.1, 0.15) is 5.82 Å². The monoisotopic (exact) mass is 194 g/mol. The van der Waals surface area contributed by atoms with E-state index in [1.807, 2.05) is 13.0 Å². The van der Waals surface area contributed by atoms with Gasteiger partial charge in [0.15, 0.2) is 0 Å². The van der Waals surface area contributed by atoms with Gasteiger partial charge in [-0.1, -0.05) is 18.9 Å². The van der Waals surface area contributed by atoms with Gasteiger partial charge in [0.25, 0.3) is 0 Å². The summed E-state index contributed by atoms with van der Waals surface area (Å²) >= 11 is 0. The first-order valence-electron chi connectivity index (χ1n) is 5.10. The Labute approximate surface area is 83.6 Å². The topological polar surface area (TPSA) is 20.2 Å². The molecule has 0 aromatic heterocycles. The number of aliphatic hydroxyl groups is 1. The van der Waals surface area contributed by atoms with Crippen LogP contribution in [0.15, 0.2) is 18.2 Å². The Morgan fingerprint density at radius 3 is 2.71 bits per heavy atom. The molecule has 0 amide bonds. The molecule has 2 rings (SSSR count). The molecule has 0 bridgehead atoms. The van der Waals surface area contributed by atoms with E-state index >= 15 is 0 Å². The average Bonchev–Trinajstić information content (AvgIpc) is 2.86. The Morgan fingerprint density at radius 1 is 1.43 bits per heavy atom. The summed E-state index contributed by atoms with van der Waals surface area (Å²) in [7, 11) is 0. The molecule has 1 N–H and O–H groups in total. The maximum absolute atomic E-state index is 13.0. The number of aryl methyl sites for hydroxylation is 1. The summed E-state index contributed by atoms with van der Waals surface area (Å²) in [5.74, 6) is 0.406. The van der Waals surface area contributed by atoms with E-state index in [0.29, 0.717) is 5.92 Å². The van der Waals surface area contributed by atoms with Crippen LogP contribution in [0.3, 0.4) is 0 Å². The highest BCUT2D eigenvalue weighted by atomic mass is 19.1. The van der Waals surface area contributed by atoms with Gasteiger partial charge >= 0.3 is 0 Å². The number of halogens is 1.